The third kappa shape index (κ3) is 6.20. The van der Waals surface area contributed by atoms with Gasteiger partial charge in [0.25, 0.3) is 0 Å². The van der Waals surface area contributed by atoms with E-state index in [4.69, 9.17) is 0 Å². The highest BCUT2D eigenvalue weighted by Crippen LogP contribution is 2.29. The molecule has 2 heterocycles. The predicted molar refractivity (Wildman–Crippen MR) is 103 cm³/mol. The number of alkyl halides is 3. The summed E-state index contributed by atoms with van der Waals surface area (Å²) in [4.78, 5) is 11.0. The number of guanidine groups is 1. The molecule has 0 saturated carbocycles. The number of nitrogens with zero attached hydrogens (tertiary/aromatic N) is 3. The highest BCUT2D eigenvalue weighted by atomic mass is 127. The number of halogens is 4. The van der Waals surface area contributed by atoms with Crippen molar-refractivity contribution in [2.24, 2.45) is 4.99 Å². The van der Waals surface area contributed by atoms with Gasteiger partial charge in [-0.25, -0.2) is 4.98 Å². The molecular weight excluding hydrogens is 472 g/mol. The second-order valence-electron chi connectivity index (χ2n) is 4.78. The van der Waals surface area contributed by atoms with Crippen molar-refractivity contribution < 1.29 is 13.2 Å². The van der Waals surface area contributed by atoms with Crippen LogP contribution in [0, 0.1) is 0 Å². The SMILES string of the molecule is CN=C(NCc1nc(C(F)(F)F)cs1)N(C)CCc1cccs1.I. The van der Waals surface area contributed by atoms with Crippen molar-refractivity contribution in [1.82, 2.24) is 15.2 Å². The number of nitrogens with one attached hydrogen (secondary N) is 1. The van der Waals surface area contributed by atoms with Gasteiger partial charge in [-0.05, 0) is 17.9 Å². The molecule has 24 heavy (non-hydrogen) atoms. The van der Waals surface area contributed by atoms with Crippen LogP contribution >= 0.6 is 46.7 Å². The summed E-state index contributed by atoms with van der Waals surface area (Å²) >= 11 is 2.68. The number of aliphatic imine (C=N–C) groups is 1. The quantitative estimate of drug-likeness (QED) is 0.390. The Morgan fingerprint density at radius 1 is 1.38 bits per heavy atom. The molecule has 0 amide bonds. The molecule has 0 atom stereocenters. The lowest BCUT2D eigenvalue weighted by molar-refractivity contribution is -0.140. The largest absolute Gasteiger partial charge is 0.434 e. The number of hydrogen-bond donors (Lipinski definition) is 1. The van der Waals surface area contributed by atoms with E-state index in [-0.39, 0.29) is 30.5 Å². The van der Waals surface area contributed by atoms with Crippen molar-refractivity contribution in [2.45, 2.75) is 19.1 Å². The zero-order chi connectivity index (χ0) is 16.9. The van der Waals surface area contributed by atoms with E-state index < -0.39 is 11.9 Å². The number of rotatable bonds is 5. The van der Waals surface area contributed by atoms with Crippen LogP contribution in [-0.4, -0.2) is 36.5 Å². The molecule has 0 bridgehead atoms. The van der Waals surface area contributed by atoms with Crippen LogP contribution < -0.4 is 5.32 Å². The van der Waals surface area contributed by atoms with Crippen LogP contribution in [0.1, 0.15) is 15.6 Å². The minimum Gasteiger partial charge on any atom is -0.350 e. The molecule has 134 valence electrons. The van der Waals surface area contributed by atoms with Crippen LogP contribution in [0.2, 0.25) is 0 Å². The lowest BCUT2D eigenvalue weighted by atomic mass is 10.3. The third-order valence-electron chi connectivity index (χ3n) is 3.09. The molecule has 0 spiro atoms. The molecule has 0 unspecified atom stereocenters. The van der Waals surface area contributed by atoms with Crippen molar-refractivity contribution in [3.05, 3.63) is 38.5 Å². The smallest absolute Gasteiger partial charge is 0.350 e. The summed E-state index contributed by atoms with van der Waals surface area (Å²) in [6, 6.07) is 4.08. The molecule has 0 aromatic carbocycles. The first-order valence-corrected chi connectivity index (χ1v) is 8.62. The van der Waals surface area contributed by atoms with Crippen LogP contribution in [0.4, 0.5) is 13.2 Å². The molecule has 4 nitrogen and oxygen atoms in total. The van der Waals surface area contributed by atoms with Crippen LogP contribution in [0.5, 0.6) is 0 Å². The number of aromatic nitrogens is 1. The van der Waals surface area contributed by atoms with E-state index in [9.17, 15) is 13.2 Å². The normalized spacial score (nSPS) is 12.0. The average Bonchev–Trinajstić information content (AvgIpc) is 3.16. The van der Waals surface area contributed by atoms with E-state index in [1.807, 2.05) is 23.4 Å². The van der Waals surface area contributed by atoms with Gasteiger partial charge in [0.15, 0.2) is 11.7 Å². The van der Waals surface area contributed by atoms with Gasteiger partial charge in [-0.2, -0.15) is 13.2 Å². The van der Waals surface area contributed by atoms with E-state index in [2.05, 4.69) is 21.4 Å². The van der Waals surface area contributed by atoms with Crippen molar-refractivity contribution in [3.8, 4) is 0 Å². The molecule has 0 radical (unpaired) electrons. The summed E-state index contributed by atoms with van der Waals surface area (Å²) in [5, 5.41) is 6.48. The van der Waals surface area contributed by atoms with Gasteiger partial charge >= 0.3 is 6.18 Å². The molecule has 1 N–H and O–H groups in total. The van der Waals surface area contributed by atoms with Crippen molar-refractivity contribution >= 4 is 52.6 Å². The second kappa shape index (κ2) is 9.56. The van der Waals surface area contributed by atoms with E-state index in [1.54, 1.807) is 18.4 Å². The molecule has 0 fully saturated rings. The first kappa shape index (κ1) is 21.2. The van der Waals surface area contributed by atoms with Gasteiger partial charge in [-0.1, -0.05) is 6.07 Å². The van der Waals surface area contributed by atoms with E-state index in [0.29, 0.717) is 11.0 Å². The standard InChI is InChI=1S/C14H17F3N4S2.HI/c1-18-13(21(2)6-5-10-4-3-7-22-10)19-8-12-20-11(9-23-12)14(15,16)17;/h3-4,7,9H,5-6,8H2,1-2H3,(H,18,19);1H. The molecule has 0 aliphatic carbocycles. The Morgan fingerprint density at radius 2 is 2.12 bits per heavy atom. The maximum absolute atomic E-state index is 12.5. The highest BCUT2D eigenvalue weighted by molar-refractivity contribution is 14.0. The maximum Gasteiger partial charge on any atom is 0.434 e. The monoisotopic (exact) mass is 490 g/mol. The second-order valence-corrected chi connectivity index (χ2v) is 6.75. The summed E-state index contributed by atoms with van der Waals surface area (Å²) < 4.78 is 37.6. The van der Waals surface area contributed by atoms with Crippen molar-refractivity contribution in [3.63, 3.8) is 0 Å². The predicted octanol–water partition coefficient (Wildman–Crippen LogP) is 4.09. The fourth-order valence-corrected chi connectivity index (χ4v) is 3.34. The van der Waals surface area contributed by atoms with E-state index >= 15 is 0 Å². The Kier molecular flexibility index (Phi) is 8.43. The Bertz CT molecular complexity index is 641. The van der Waals surface area contributed by atoms with Gasteiger partial charge in [0.1, 0.15) is 5.01 Å². The molecule has 2 aromatic rings. The van der Waals surface area contributed by atoms with E-state index in [0.717, 1.165) is 29.7 Å². The molecule has 0 aliphatic rings. The van der Waals surface area contributed by atoms with E-state index in [1.165, 1.54) is 4.88 Å². The Hall–Kier alpha value is -0.880. The van der Waals surface area contributed by atoms with Gasteiger partial charge in [-0.15, -0.1) is 46.7 Å². The minimum atomic E-state index is -4.39. The fourth-order valence-electron chi connectivity index (χ4n) is 1.90. The van der Waals surface area contributed by atoms with Crippen LogP contribution in [-0.2, 0) is 19.1 Å². The zero-order valence-corrected chi connectivity index (χ0v) is 17.1. The highest BCUT2D eigenvalue weighted by Gasteiger charge is 2.33. The molecule has 2 aromatic heterocycles. The molecule has 0 aliphatic heterocycles. The van der Waals surface area contributed by atoms with Gasteiger partial charge < -0.3 is 10.2 Å². The number of thiophene rings is 1. The summed E-state index contributed by atoms with van der Waals surface area (Å²) in [6.07, 6.45) is -3.50. The fraction of sp³-hybridized carbons (Fsp3) is 0.429. The van der Waals surface area contributed by atoms with Crippen LogP contribution in [0.25, 0.3) is 0 Å². The first-order valence-electron chi connectivity index (χ1n) is 6.86. The van der Waals surface area contributed by atoms with Gasteiger partial charge in [0.05, 0.1) is 6.54 Å². The zero-order valence-electron chi connectivity index (χ0n) is 13.1. The van der Waals surface area contributed by atoms with Crippen molar-refractivity contribution in [1.29, 1.82) is 0 Å². The minimum absolute atomic E-state index is 0. The van der Waals surface area contributed by atoms with Gasteiger partial charge in [0, 0.05) is 30.9 Å². The maximum atomic E-state index is 12.5. The summed E-state index contributed by atoms with van der Waals surface area (Å²) in [5.74, 6) is 0.630. The lowest BCUT2D eigenvalue weighted by Gasteiger charge is -2.21. The summed E-state index contributed by atoms with van der Waals surface area (Å²) in [7, 11) is 3.54. The Labute approximate surface area is 163 Å². The number of hydrogen-bond acceptors (Lipinski definition) is 4. The molecular formula is C14H18F3IN4S2. The number of likely N-dealkylation sites (N-methyl/N-ethyl adjacent to an activating group) is 1. The van der Waals surface area contributed by atoms with Crippen LogP contribution in [0.15, 0.2) is 27.9 Å². The van der Waals surface area contributed by atoms with Crippen LogP contribution in [0.3, 0.4) is 0 Å². The third-order valence-corrected chi connectivity index (χ3v) is 4.87. The Morgan fingerprint density at radius 3 is 2.67 bits per heavy atom. The average molecular weight is 490 g/mol. The van der Waals surface area contributed by atoms with Crippen molar-refractivity contribution in [2.75, 3.05) is 20.6 Å². The molecule has 10 heteroatoms. The first-order chi connectivity index (χ1) is 10.9. The van der Waals surface area contributed by atoms with Gasteiger partial charge in [0.2, 0.25) is 0 Å². The summed E-state index contributed by atoms with van der Waals surface area (Å²) in [6.45, 7) is 0.989. The topological polar surface area (TPSA) is 40.5 Å². The number of thiazole rings is 1. The summed E-state index contributed by atoms with van der Waals surface area (Å²) in [5.41, 5.74) is -0.847. The lowest BCUT2D eigenvalue weighted by Crippen LogP contribution is -2.39. The Balaban J connectivity index is 0.00000288. The van der Waals surface area contributed by atoms with Gasteiger partial charge in [-0.3, -0.25) is 4.99 Å². The molecule has 2 rings (SSSR count). The molecule has 0 saturated heterocycles.